The Morgan fingerprint density at radius 3 is 2.70 bits per heavy atom. The standard InChI is InChI=1S/C12H12F2N4O2/c1-6(8-5-7(13)3-4-9(8)14)18(2)12(19)10-11(15)17-20-16-10/h3-6H,1-2H3,(H2,15,17). The second-order valence-electron chi connectivity index (χ2n) is 4.26. The van der Waals surface area contributed by atoms with Crippen molar-refractivity contribution in [3.05, 3.63) is 41.1 Å². The molecule has 0 bridgehead atoms. The van der Waals surface area contributed by atoms with E-state index < -0.39 is 23.6 Å². The molecule has 0 aliphatic rings. The Morgan fingerprint density at radius 2 is 2.10 bits per heavy atom. The number of carbonyl (C=O) groups is 1. The fourth-order valence-electron chi connectivity index (χ4n) is 1.73. The smallest absolute Gasteiger partial charge is 0.280 e. The average Bonchev–Trinajstić information content (AvgIpc) is 2.85. The van der Waals surface area contributed by atoms with E-state index in [9.17, 15) is 13.6 Å². The lowest BCUT2D eigenvalue weighted by atomic mass is 10.1. The average molecular weight is 282 g/mol. The maximum Gasteiger partial charge on any atom is 0.280 e. The molecular formula is C12H12F2N4O2. The lowest BCUT2D eigenvalue weighted by molar-refractivity contribution is 0.0729. The summed E-state index contributed by atoms with van der Waals surface area (Å²) in [5, 5.41) is 6.68. The number of nitrogen functional groups attached to an aromatic ring is 1. The molecule has 8 heteroatoms. The van der Waals surface area contributed by atoms with Crippen LogP contribution in [0.4, 0.5) is 14.6 Å². The van der Waals surface area contributed by atoms with E-state index in [1.165, 1.54) is 11.9 Å². The summed E-state index contributed by atoms with van der Waals surface area (Å²) in [7, 11) is 1.42. The van der Waals surface area contributed by atoms with Crippen molar-refractivity contribution in [1.82, 2.24) is 15.2 Å². The first-order valence-corrected chi connectivity index (χ1v) is 5.72. The van der Waals surface area contributed by atoms with Gasteiger partial charge in [-0.1, -0.05) is 0 Å². The van der Waals surface area contributed by atoms with Crippen LogP contribution in [-0.2, 0) is 0 Å². The van der Waals surface area contributed by atoms with E-state index >= 15 is 0 Å². The fourth-order valence-corrected chi connectivity index (χ4v) is 1.73. The summed E-state index contributed by atoms with van der Waals surface area (Å²) in [4.78, 5) is 13.3. The third-order valence-corrected chi connectivity index (χ3v) is 3.03. The maximum atomic E-state index is 13.7. The predicted molar refractivity (Wildman–Crippen MR) is 65.6 cm³/mol. The number of amides is 1. The molecule has 20 heavy (non-hydrogen) atoms. The van der Waals surface area contributed by atoms with Crippen LogP contribution in [0, 0.1) is 11.6 Å². The first-order valence-electron chi connectivity index (χ1n) is 5.72. The number of anilines is 1. The highest BCUT2D eigenvalue weighted by Gasteiger charge is 2.26. The monoisotopic (exact) mass is 282 g/mol. The third kappa shape index (κ3) is 2.44. The van der Waals surface area contributed by atoms with Gasteiger partial charge in [0.15, 0.2) is 0 Å². The van der Waals surface area contributed by atoms with Crippen LogP contribution in [-0.4, -0.2) is 28.2 Å². The van der Waals surface area contributed by atoms with Crippen LogP contribution >= 0.6 is 0 Å². The molecular weight excluding hydrogens is 270 g/mol. The van der Waals surface area contributed by atoms with Crippen molar-refractivity contribution >= 4 is 11.7 Å². The van der Waals surface area contributed by atoms with Crippen molar-refractivity contribution in [1.29, 1.82) is 0 Å². The zero-order valence-electron chi connectivity index (χ0n) is 10.8. The number of nitrogens with zero attached hydrogens (tertiary/aromatic N) is 3. The number of aromatic nitrogens is 2. The minimum atomic E-state index is -0.714. The second kappa shape index (κ2) is 5.24. The Bertz CT molecular complexity index is 644. The molecule has 1 unspecified atom stereocenters. The van der Waals surface area contributed by atoms with Gasteiger partial charge >= 0.3 is 0 Å². The van der Waals surface area contributed by atoms with Crippen molar-refractivity contribution in [3.8, 4) is 0 Å². The molecule has 1 atom stereocenters. The first-order chi connectivity index (χ1) is 9.41. The molecule has 2 N–H and O–H groups in total. The molecule has 6 nitrogen and oxygen atoms in total. The lowest BCUT2D eigenvalue weighted by Crippen LogP contribution is -2.31. The van der Waals surface area contributed by atoms with Gasteiger partial charge in [-0.3, -0.25) is 4.79 Å². The van der Waals surface area contributed by atoms with Crippen molar-refractivity contribution in [3.63, 3.8) is 0 Å². The molecule has 0 saturated heterocycles. The number of benzene rings is 1. The van der Waals surface area contributed by atoms with E-state index in [0.717, 1.165) is 18.2 Å². The summed E-state index contributed by atoms with van der Waals surface area (Å²) < 4.78 is 31.2. The molecule has 2 rings (SSSR count). The zero-order valence-corrected chi connectivity index (χ0v) is 10.8. The van der Waals surface area contributed by atoms with Crippen LogP contribution in [0.1, 0.15) is 29.0 Å². The number of nitrogens with two attached hydrogens (primary N) is 1. The third-order valence-electron chi connectivity index (χ3n) is 3.03. The van der Waals surface area contributed by atoms with Gasteiger partial charge in [0.1, 0.15) is 11.6 Å². The van der Waals surface area contributed by atoms with Crippen molar-refractivity contribution in [2.24, 2.45) is 0 Å². The number of hydrogen-bond donors (Lipinski definition) is 1. The van der Waals surface area contributed by atoms with Gasteiger partial charge in [-0.05, 0) is 35.4 Å². The second-order valence-corrected chi connectivity index (χ2v) is 4.26. The topological polar surface area (TPSA) is 85.2 Å². The van der Waals surface area contributed by atoms with Gasteiger partial charge in [0, 0.05) is 12.6 Å². The van der Waals surface area contributed by atoms with E-state index in [2.05, 4.69) is 14.9 Å². The zero-order chi connectivity index (χ0) is 14.9. The normalized spacial score (nSPS) is 12.2. The summed E-state index contributed by atoms with van der Waals surface area (Å²) in [5.74, 6) is -1.95. The number of carbonyl (C=O) groups excluding carboxylic acids is 1. The Labute approximate surface area is 113 Å². The van der Waals surface area contributed by atoms with E-state index in [-0.39, 0.29) is 17.1 Å². The molecule has 1 amide bonds. The van der Waals surface area contributed by atoms with Crippen LogP contribution in [0.25, 0.3) is 0 Å². The van der Waals surface area contributed by atoms with Crippen molar-refractivity contribution in [2.45, 2.75) is 13.0 Å². The molecule has 1 aromatic carbocycles. The number of rotatable bonds is 3. The lowest BCUT2D eigenvalue weighted by Gasteiger charge is -2.24. The predicted octanol–water partition coefficient (Wildman–Crippen LogP) is 1.76. The van der Waals surface area contributed by atoms with Crippen LogP contribution in [0.15, 0.2) is 22.8 Å². The SMILES string of the molecule is CC(c1cc(F)ccc1F)N(C)C(=O)c1nonc1N. The van der Waals surface area contributed by atoms with Crippen molar-refractivity contribution in [2.75, 3.05) is 12.8 Å². The number of halogens is 2. The van der Waals surface area contributed by atoms with Gasteiger partial charge < -0.3 is 10.6 Å². The van der Waals surface area contributed by atoms with Crippen molar-refractivity contribution < 1.29 is 18.2 Å². The molecule has 0 aliphatic heterocycles. The van der Waals surface area contributed by atoms with Gasteiger partial charge in [-0.25, -0.2) is 13.4 Å². The fraction of sp³-hybridized carbons (Fsp3) is 0.250. The quantitative estimate of drug-likeness (QED) is 0.927. The highest BCUT2D eigenvalue weighted by atomic mass is 19.1. The molecule has 0 spiro atoms. The first kappa shape index (κ1) is 13.9. The largest absolute Gasteiger partial charge is 0.379 e. The van der Waals surface area contributed by atoms with Crippen LogP contribution < -0.4 is 5.73 Å². The molecule has 0 fully saturated rings. The molecule has 0 saturated carbocycles. The summed E-state index contributed by atoms with van der Waals surface area (Å²) in [6.07, 6.45) is 0. The maximum absolute atomic E-state index is 13.7. The van der Waals surface area contributed by atoms with Crippen LogP contribution in [0.5, 0.6) is 0 Å². The Hall–Kier alpha value is -2.51. The van der Waals surface area contributed by atoms with Gasteiger partial charge in [0.2, 0.25) is 11.5 Å². The Kier molecular flexibility index (Phi) is 3.64. The highest BCUT2D eigenvalue weighted by molar-refractivity contribution is 5.96. The molecule has 1 heterocycles. The highest BCUT2D eigenvalue weighted by Crippen LogP contribution is 2.24. The van der Waals surface area contributed by atoms with Crippen LogP contribution in [0.3, 0.4) is 0 Å². The summed E-state index contributed by atoms with van der Waals surface area (Å²) in [6.45, 7) is 1.56. The molecule has 106 valence electrons. The van der Waals surface area contributed by atoms with Crippen LogP contribution in [0.2, 0.25) is 0 Å². The minimum absolute atomic E-state index is 0.0517. The van der Waals surface area contributed by atoms with E-state index in [1.807, 2.05) is 0 Å². The van der Waals surface area contributed by atoms with E-state index in [4.69, 9.17) is 5.73 Å². The van der Waals surface area contributed by atoms with Gasteiger partial charge in [-0.15, -0.1) is 0 Å². The van der Waals surface area contributed by atoms with Gasteiger partial charge in [-0.2, -0.15) is 0 Å². The number of hydrogen-bond acceptors (Lipinski definition) is 5. The van der Waals surface area contributed by atoms with Gasteiger partial charge in [0.25, 0.3) is 5.91 Å². The summed E-state index contributed by atoms with van der Waals surface area (Å²) in [5.41, 5.74) is 5.30. The van der Waals surface area contributed by atoms with Gasteiger partial charge in [0.05, 0.1) is 6.04 Å². The molecule has 1 aromatic heterocycles. The molecule has 0 aliphatic carbocycles. The summed E-state index contributed by atoms with van der Waals surface area (Å²) >= 11 is 0. The van der Waals surface area contributed by atoms with E-state index in [1.54, 1.807) is 6.92 Å². The Balaban J connectivity index is 2.29. The van der Waals surface area contributed by atoms with E-state index in [0.29, 0.717) is 0 Å². The minimum Gasteiger partial charge on any atom is -0.379 e. The molecule has 0 radical (unpaired) electrons. The Morgan fingerprint density at radius 1 is 1.40 bits per heavy atom. The summed E-state index contributed by atoms with van der Waals surface area (Å²) in [6, 6.07) is 2.33. The molecule has 2 aromatic rings.